The molecule has 0 aliphatic carbocycles. The third-order valence-corrected chi connectivity index (χ3v) is 1.90. The van der Waals surface area contributed by atoms with Gasteiger partial charge < -0.3 is 9.84 Å². The van der Waals surface area contributed by atoms with Gasteiger partial charge in [0, 0.05) is 11.6 Å². The van der Waals surface area contributed by atoms with Gasteiger partial charge in [0.1, 0.15) is 5.75 Å². The minimum absolute atomic E-state index is 0.0463. The summed E-state index contributed by atoms with van der Waals surface area (Å²) in [5.41, 5.74) is 0.249. The molecule has 66 valence electrons. The van der Waals surface area contributed by atoms with Gasteiger partial charge in [-0.2, -0.15) is 0 Å². The molecule has 0 heterocycles. The summed E-state index contributed by atoms with van der Waals surface area (Å²) in [6.45, 7) is 1.50. The van der Waals surface area contributed by atoms with Crippen LogP contribution in [-0.2, 0) is 0 Å². The Bertz CT molecular complexity index is 312. The maximum atomic E-state index is 13.0. The molecule has 0 aliphatic heterocycles. The highest BCUT2D eigenvalue weighted by molar-refractivity contribution is 6.32. The van der Waals surface area contributed by atoms with E-state index >= 15 is 0 Å². The van der Waals surface area contributed by atoms with Crippen LogP contribution in [0.25, 0.3) is 0 Å². The van der Waals surface area contributed by atoms with E-state index in [2.05, 4.69) is 0 Å². The summed E-state index contributed by atoms with van der Waals surface area (Å²) in [5.74, 6) is -0.940. The fourth-order valence-electron chi connectivity index (χ4n) is 0.894. The van der Waals surface area contributed by atoms with Gasteiger partial charge in [-0.3, -0.25) is 0 Å². The van der Waals surface area contributed by atoms with Crippen LogP contribution in [0.5, 0.6) is 11.5 Å². The zero-order chi connectivity index (χ0) is 9.30. The zero-order valence-electron chi connectivity index (χ0n) is 6.69. The van der Waals surface area contributed by atoms with Crippen molar-refractivity contribution in [2.45, 2.75) is 6.92 Å². The predicted molar refractivity (Wildman–Crippen MR) is 44.4 cm³/mol. The molecule has 0 bridgehead atoms. The monoisotopic (exact) mass is 190 g/mol. The minimum atomic E-state index is -0.737. The average Bonchev–Trinajstić information content (AvgIpc) is 2.08. The summed E-state index contributed by atoms with van der Waals surface area (Å²) in [7, 11) is 1.41. The highest BCUT2D eigenvalue weighted by Crippen LogP contribution is 2.34. The van der Waals surface area contributed by atoms with Gasteiger partial charge >= 0.3 is 0 Å². The summed E-state index contributed by atoms with van der Waals surface area (Å²) in [6, 6.07) is 1.37. The Balaban J connectivity index is 3.39. The fraction of sp³-hybridized carbons (Fsp3) is 0.250. The summed E-state index contributed by atoms with van der Waals surface area (Å²) in [4.78, 5) is 0. The summed E-state index contributed by atoms with van der Waals surface area (Å²) < 4.78 is 17.9. The number of aromatic hydroxyl groups is 1. The first kappa shape index (κ1) is 9.13. The quantitative estimate of drug-likeness (QED) is 0.737. The van der Waals surface area contributed by atoms with Crippen LogP contribution in [0.15, 0.2) is 6.07 Å². The number of benzene rings is 1. The van der Waals surface area contributed by atoms with Crippen LogP contribution in [0.4, 0.5) is 4.39 Å². The third-order valence-electron chi connectivity index (χ3n) is 1.61. The van der Waals surface area contributed by atoms with Crippen LogP contribution in [0.3, 0.4) is 0 Å². The number of phenols is 1. The Morgan fingerprint density at radius 1 is 1.58 bits per heavy atom. The molecule has 12 heavy (non-hydrogen) atoms. The minimum Gasteiger partial charge on any atom is -0.504 e. The molecule has 0 aromatic heterocycles. The second-order valence-electron chi connectivity index (χ2n) is 2.35. The lowest BCUT2D eigenvalue weighted by atomic mass is 10.2. The lowest BCUT2D eigenvalue weighted by Gasteiger charge is -2.07. The van der Waals surface area contributed by atoms with Crippen LogP contribution in [0, 0.1) is 12.7 Å². The van der Waals surface area contributed by atoms with Gasteiger partial charge in [0.15, 0.2) is 11.6 Å². The Morgan fingerprint density at radius 2 is 2.17 bits per heavy atom. The Hall–Kier alpha value is -0.960. The maximum Gasteiger partial charge on any atom is 0.172 e. The van der Waals surface area contributed by atoms with Crippen molar-refractivity contribution >= 4 is 11.6 Å². The fourth-order valence-corrected chi connectivity index (χ4v) is 1.08. The van der Waals surface area contributed by atoms with Gasteiger partial charge in [-0.15, -0.1) is 0 Å². The molecule has 0 atom stereocenters. The van der Waals surface area contributed by atoms with Crippen molar-refractivity contribution < 1.29 is 14.2 Å². The molecular weight excluding hydrogens is 183 g/mol. The van der Waals surface area contributed by atoms with E-state index in [4.69, 9.17) is 21.4 Å². The van der Waals surface area contributed by atoms with E-state index in [1.807, 2.05) is 0 Å². The van der Waals surface area contributed by atoms with Crippen molar-refractivity contribution in [3.05, 3.63) is 22.5 Å². The van der Waals surface area contributed by atoms with Crippen LogP contribution < -0.4 is 4.74 Å². The van der Waals surface area contributed by atoms with E-state index in [1.165, 1.54) is 20.1 Å². The van der Waals surface area contributed by atoms with Crippen LogP contribution in [0.1, 0.15) is 5.56 Å². The van der Waals surface area contributed by atoms with Crippen molar-refractivity contribution in [2.75, 3.05) is 7.11 Å². The van der Waals surface area contributed by atoms with Crippen LogP contribution >= 0.6 is 11.6 Å². The second kappa shape index (κ2) is 3.19. The first-order valence-corrected chi connectivity index (χ1v) is 3.67. The van der Waals surface area contributed by atoms with E-state index < -0.39 is 11.6 Å². The van der Waals surface area contributed by atoms with Crippen molar-refractivity contribution in [1.29, 1.82) is 0 Å². The van der Waals surface area contributed by atoms with Gasteiger partial charge in [-0.25, -0.2) is 4.39 Å². The lowest BCUT2D eigenvalue weighted by Crippen LogP contribution is -1.91. The van der Waals surface area contributed by atoms with Crippen LogP contribution in [-0.4, -0.2) is 12.2 Å². The Morgan fingerprint density at radius 3 is 2.67 bits per heavy atom. The number of rotatable bonds is 1. The molecule has 0 amide bonds. The Kier molecular flexibility index (Phi) is 2.43. The lowest BCUT2D eigenvalue weighted by molar-refractivity contribution is 0.394. The molecule has 1 N–H and O–H groups in total. The number of ether oxygens (including phenoxy) is 1. The highest BCUT2D eigenvalue weighted by atomic mass is 35.5. The van der Waals surface area contributed by atoms with Gasteiger partial charge in [0.2, 0.25) is 0 Å². The summed E-state index contributed by atoms with van der Waals surface area (Å²) >= 11 is 5.50. The highest BCUT2D eigenvalue weighted by Gasteiger charge is 2.13. The van der Waals surface area contributed by atoms with E-state index in [9.17, 15) is 4.39 Å². The smallest absolute Gasteiger partial charge is 0.172 e. The second-order valence-corrected chi connectivity index (χ2v) is 2.76. The van der Waals surface area contributed by atoms with Gasteiger partial charge in [0.05, 0.1) is 12.1 Å². The molecule has 0 saturated heterocycles. The largest absolute Gasteiger partial charge is 0.504 e. The average molecular weight is 191 g/mol. The van der Waals surface area contributed by atoms with Crippen molar-refractivity contribution in [3.63, 3.8) is 0 Å². The van der Waals surface area contributed by atoms with Crippen molar-refractivity contribution in [1.82, 2.24) is 0 Å². The molecule has 0 aliphatic rings. The first-order valence-electron chi connectivity index (χ1n) is 3.29. The van der Waals surface area contributed by atoms with E-state index in [0.717, 1.165) is 0 Å². The third kappa shape index (κ3) is 1.32. The van der Waals surface area contributed by atoms with Crippen molar-refractivity contribution in [3.8, 4) is 11.5 Å². The number of phenolic OH excluding ortho intramolecular Hbond substituents is 1. The molecule has 4 heteroatoms. The van der Waals surface area contributed by atoms with E-state index in [0.29, 0.717) is 5.75 Å². The molecule has 1 rings (SSSR count). The maximum absolute atomic E-state index is 13.0. The molecule has 1 aromatic rings. The van der Waals surface area contributed by atoms with Gasteiger partial charge in [-0.1, -0.05) is 11.6 Å². The SMILES string of the molecule is COc1cc(Cl)c(O)c(F)c1C. The summed E-state index contributed by atoms with van der Waals surface area (Å²) in [5, 5.41) is 9.00. The number of methoxy groups -OCH3 is 1. The number of hydrogen-bond donors (Lipinski definition) is 1. The number of hydrogen-bond acceptors (Lipinski definition) is 2. The van der Waals surface area contributed by atoms with Gasteiger partial charge in [-0.05, 0) is 6.92 Å². The number of halogens is 2. The van der Waals surface area contributed by atoms with E-state index in [-0.39, 0.29) is 10.6 Å². The Labute approximate surface area is 74.5 Å². The molecule has 1 aromatic carbocycles. The molecule has 0 saturated carbocycles. The van der Waals surface area contributed by atoms with Crippen molar-refractivity contribution in [2.24, 2.45) is 0 Å². The predicted octanol–water partition coefficient (Wildman–Crippen LogP) is 2.50. The molecule has 2 nitrogen and oxygen atoms in total. The van der Waals surface area contributed by atoms with Gasteiger partial charge in [0.25, 0.3) is 0 Å². The topological polar surface area (TPSA) is 29.5 Å². The standard InChI is InChI=1S/C8H8ClFO2/c1-4-6(12-2)3-5(9)8(11)7(4)10/h3,11H,1-2H3. The molecule has 0 spiro atoms. The molecular formula is C8H8ClFO2. The summed E-state index contributed by atoms with van der Waals surface area (Å²) in [6.07, 6.45) is 0. The van der Waals surface area contributed by atoms with E-state index in [1.54, 1.807) is 0 Å². The zero-order valence-corrected chi connectivity index (χ0v) is 7.44. The molecule has 0 unspecified atom stereocenters. The van der Waals surface area contributed by atoms with Crippen LogP contribution in [0.2, 0.25) is 5.02 Å². The first-order chi connectivity index (χ1) is 5.57. The normalized spacial score (nSPS) is 10.0. The molecule has 0 radical (unpaired) electrons. The molecule has 0 fully saturated rings.